The number of hydrogen-bond donors (Lipinski definition) is 0. The van der Waals surface area contributed by atoms with Gasteiger partial charge in [0.15, 0.2) is 7.14 Å². The van der Waals surface area contributed by atoms with Gasteiger partial charge in [-0.25, -0.2) is 4.98 Å². The van der Waals surface area contributed by atoms with Gasteiger partial charge in [0.25, 0.3) is 0 Å². The molecule has 0 fully saturated rings. The van der Waals surface area contributed by atoms with Crippen molar-refractivity contribution in [2.75, 3.05) is 0 Å². The molecule has 40 heavy (non-hydrogen) atoms. The smallest absolute Gasteiger partial charge is 0.173 e. The van der Waals surface area contributed by atoms with Gasteiger partial charge in [-0.1, -0.05) is 158 Å². The first kappa shape index (κ1) is 24.3. The molecular weight excluding hydrogens is 505 g/mol. The number of benzene rings is 6. The Bertz CT molecular complexity index is 1960. The maximum Gasteiger partial charge on any atom is 0.173 e. The summed E-state index contributed by atoms with van der Waals surface area (Å²) in [7, 11) is -3.41. The molecule has 0 spiro atoms. The third-order valence-electron chi connectivity index (χ3n) is 7.52. The maximum atomic E-state index is 16.1. The third-order valence-corrected chi connectivity index (χ3v) is 10.6. The number of pyridine rings is 1. The van der Waals surface area contributed by atoms with Crippen LogP contribution in [0.3, 0.4) is 0 Å². The summed E-state index contributed by atoms with van der Waals surface area (Å²) in [6.45, 7) is 0. The van der Waals surface area contributed by atoms with E-state index in [9.17, 15) is 0 Å². The second-order valence-corrected chi connectivity index (χ2v) is 12.6. The minimum atomic E-state index is -3.41. The van der Waals surface area contributed by atoms with Crippen molar-refractivity contribution in [2.24, 2.45) is 0 Å². The normalized spacial score (nSPS) is 11.6. The first-order valence-electron chi connectivity index (χ1n) is 13.4. The molecule has 0 N–H and O–H groups in total. The van der Waals surface area contributed by atoms with Crippen LogP contribution in [0.1, 0.15) is 0 Å². The second kappa shape index (κ2) is 10.1. The van der Waals surface area contributed by atoms with Crippen LogP contribution >= 0.6 is 7.14 Å². The highest BCUT2D eigenvalue weighted by Crippen LogP contribution is 2.49. The van der Waals surface area contributed by atoms with Crippen molar-refractivity contribution < 1.29 is 4.57 Å². The standard InChI is InChI=1S/C37H26NOP/c39-40(30-20-9-3-10-21-30,31-22-11-4-12-23-31)37-34(28-16-5-1-6-17-28)33-26-25-27-15-13-14-24-32(27)36(33)38-35(37)29-18-7-2-8-19-29/h1-26H. The number of hydrogen-bond acceptors (Lipinski definition) is 2. The molecule has 3 heteroatoms. The van der Waals surface area contributed by atoms with Crippen LogP contribution in [0.5, 0.6) is 0 Å². The molecule has 0 amide bonds. The predicted molar refractivity (Wildman–Crippen MR) is 170 cm³/mol. The number of nitrogens with zero attached hydrogens (tertiary/aromatic N) is 1. The number of fused-ring (bicyclic) bond motifs is 3. The maximum absolute atomic E-state index is 16.1. The quantitative estimate of drug-likeness (QED) is 0.165. The van der Waals surface area contributed by atoms with Gasteiger partial charge in [0.05, 0.1) is 16.5 Å². The fourth-order valence-electron chi connectivity index (χ4n) is 5.67. The average Bonchev–Trinajstić information content (AvgIpc) is 3.05. The van der Waals surface area contributed by atoms with E-state index in [-0.39, 0.29) is 0 Å². The summed E-state index contributed by atoms with van der Waals surface area (Å²) >= 11 is 0. The molecule has 0 radical (unpaired) electrons. The van der Waals surface area contributed by atoms with Crippen LogP contribution in [0.4, 0.5) is 0 Å². The van der Waals surface area contributed by atoms with Crippen LogP contribution in [-0.4, -0.2) is 4.98 Å². The zero-order valence-electron chi connectivity index (χ0n) is 21.8. The molecular formula is C37H26NOP. The van der Waals surface area contributed by atoms with Gasteiger partial charge in [-0.15, -0.1) is 0 Å². The van der Waals surface area contributed by atoms with Gasteiger partial charge in [0, 0.05) is 32.5 Å². The van der Waals surface area contributed by atoms with Crippen LogP contribution in [-0.2, 0) is 4.57 Å². The second-order valence-electron chi connectivity index (χ2n) is 9.88. The highest BCUT2D eigenvalue weighted by atomic mass is 31.2. The van der Waals surface area contributed by atoms with Crippen molar-refractivity contribution in [3.8, 4) is 22.4 Å². The molecule has 0 aliphatic heterocycles. The zero-order chi connectivity index (χ0) is 26.9. The Morgan fingerprint density at radius 2 is 0.950 bits per heavy atom. The minimum absolute atomic E-state index is 0.749. The molecule has 190 valence electrons. The fraction of sp³-hybridized carbons (Fsp3) is 0. The lowest BCUT2D eigenvalue weighted by Crippen LogP contribution is -2.28. The lowest BCUT2D eigenvalue weighted by atomic mass is 9.95. The van der Waals surface area contributed by atoms with E-state index in [0.717, 1.165) is 60.0 Å². The lowest BCUT2D eigenvalue weighted by molar-refractivity contribution is 0.592. The Hall–Kier alpha value is -4.78. The number of aromatic nitrogens is 1. The summed E-state index contributed by atoms with van der Waals surface area (Å²) in [5.74, 6) is 0. The molecule has 0 saturated carbocycles. The van der Waals surface area contributed by atoms with E-state index in [1.165, 1.54) is 0 Å². The van der Waals surface area contributed by atoms with E-state index in [1.807, 2.05) is 97.1 Å². The van der Waals surface area contributed by atoms with Crippen molar-refractivity contribution >= 4 is 44.7 Å². The van der Waals surface area contributed by atoms with E-state index < -0.39 is 7.14 Å². The molecule has 0 unspecified atom stereocenters. The molecule has 1 aromatic heterocycles. The van der Waals surface area contributed by atoms with Gasteiger partial charge in [-0.05, 0) is 10.9 Å². The topological polar surface area (TPSA) is 30.0 Å². The van der Waals surface area contributed by atoms with Crippen molar-refractivity contribution in [3.05, 3.63) is 158 Å². The Kier molecular flexibility index (Phi) is 6.11. The van der Waals surface area contributed by atoms with Crippen LogP contribution in [0, 0.1) is 0 Å². The molecule has 0 aliphatic carbocycles. The first-order chi connectivity index (χ1) is 19.7. The number of rotatable bonds is 5. The largest absolute Gasteiger partial charge is 0.309 e. The Labute approximate surface area is 234 Å². The van der Waals surface area contributed by atoms with Crippen molar-refractivity contribution in [1.29, 1.82) is 0 Å². The monoisotopic (exact) mass is 531 g/mol. The van der Waals surface area contributed by atoms with E-state index in [0.29, 0.717) is 0 Å². The fourth-order valence-corrected chi connectivity index (χ4v) is 8.71. The van der Waals surface area contributed by atoms with Crippen LogP contribution in [0.25, 0.3) is 44.1 Å². The van der Waals surface area contributed by atoms with Gasteiger partial charge in [0.1, 0.15) is 0 Å². The predicted octanol–water partition coefficient (Wildman–Crippen LogP) is 8.36. The lowest BCUT2D eigenvalue weighted by Gasteiger charge is -2.27. The zero-order valence-corrected chi connectivity index (χ0v) is 22.7. The summed E-state index contributed by atoms with van der Waals surface area (Å²) < 4.78 is 16.1. The Balaban J connectivity index is 1.75. The highest BCUT2D eigenvalue weighted by molar-refractivity contribution is 7.85. The van der Waals surface area contributed by atoms with Crippen molar-refractivity contribution in [1.82, 2.24) is 4.98 Å². The van der Waals surface area contributed by atoms with Crippen LogP contribution in [0.2, 0.25) is 0 Å². The van der Waals surface area contributed by atoms with Crippen molar-refractivity contribution in [2.45, 2.75) is 0 Å². The summed E-state index contributed by atoms with van der Waals surface area (Å²) in [5, 5.41) is 5.55. The van der Waals surface area contributed by atoms with Crippen LogP contribution in [0.15, 0.2) is 158 Å². The van der Waals surface area contributed by atoms with Crippen LogP contribution < -0.4 is 15.9 Å². The van der Waals surface area contributed by atoms with E-state index in [4.69, 9.17) is 4.98 Å². The Morgan fingerprint density at radius 1 is 0.450 bits per heavy atom. The Morgan fingerprint density at radius 3 is 1.55 bits per heavy atom. The molecule has 0 saturated heterocycles. The van der Waals surface area contributed by atoms with Gasteiger partial charge in [-0.2, -0.15) is 0 Å². The van der Waals surface area contributed by atoms with Gasteiger partial charge in [-0.3, -0.25) is 0 Å². The summed E-state index contributed by atoms with van der Waals surface area (Å²) in [6, 6.07) is 52.9. The molecule has 7 aromatic rings. The minimum Gasteiger partial charge on any atom is -0.309 e. The molecule has 0 atom stereocenters. The molecule has 2 nitrogen and oxygen atoms in total. The molecule has 0 bridgehead atoms. The van der Waals surface area contributed by atoms with E-state index in [1.54, 1.807) is 0 Å². The third kappa shape index (κ3) is 3.97. The van der Waals surface area contributed by atoms with Gasteiger partial charge in [0.2, 0.25) is 0 Å². The molecule has 0 aliphatic rings. The highest BCUT2D eigenvalue weighted by Gasteiger charge is 2.37. The average molecular weight is 532 g/mol. The first-order valence-corrected chi connectivity index (χ1v) is 15.1. The van der Waals surface area contributed by atoms with Gasteiger partial charge >= 0.3 is 0 Å². The SMILES string of the molecule is O=P(c1ccccc1)(c1ccccc1)c1c(-c2ccccc2)nc2c(ccc3ccccc32)c1-c1ccccc1. The summed E-state index contributed by atoms with van der Waals surface area (Å²) in [5.41, 5.74) is 4.58. The summed E-state index contributed by atoms with van der Waals surface area (Å²) in [6.07, 6.45) is 0. The molecule has 1 heterocycles. The molecule has 7 rings (SSSR count). The summed E-state index contributed by atoms with van der Waals surface area (Å²) in [4.78, 5) is 5.40. The van der Waals surface area contributed by atoms with Crippen molar-refractivity contribution in [3.63, 3.8) is 0 Å². The van der Waals surface area contributed by atoms with Gasteiger partial charge < -0.3 is 4.57 Å². The van der Waals surface area contributed by atoms with E-state index in [2.05, 4.69) is 60.7 Å². The molecule has 6 aromatic carbocycles. The van der Waals surface area contributed by atoms with E-state index >= 15 is 4.57 Å².